The minimum Gasteiger partial charge on any atom is -0.366 e. The second-order valence-electron chi connectivity index (χ2n) is 4.06. The van der Waals surface area contributed by atoms with E-state index in [0.717, 1.165) is 18.4 Å². The standard InChI is InChI=1S/C12H14BrNO/c13-9-6-5-8(7-9)10-3-1-2-4-11(10)12(14)15/h1-4,8-9H,5-7H2,(H2,14,15). The van der Waals surface area contributed by atoms with Gasteiger partial charge in [-0.05, 0) is 36.8 Å². The van der Waals surface area contributed by atoms with Gasteiger partial charge in [0.05, 0.1) is 0 Å². The molecule has 1 aliphatic rings. The molecular formula is C12H14BrNO. The van der Waals surface area contributed by atoms with E-state index in [0.29, 0.717) is 16.3 Å². The number of nitrogens with two attached hydrogens (primary N) is 1. The van der Waals surface area contributed by atoms with Crippen LogP contribution < -0.4 is 5.73 Å². The van der Waals surface area contributed by atoms with E-state index in [1.165, 1.54) is 6.42 Å². The van der Waals surface area contributed by atoms with E-state index in [2.05, 4.69) is 15.9 Å². The highest BCUT2D eigenvalue weighted by molar-refractivity contribution is 9.09. The maximum Gasteiger partial charge on any atom is 0.248 e. The van der Waals surface area contributed by atoms with Crippen LogP contribution in [0.3, 0.4) is 0 Å². The van der Waals surface area contributed by atoms with E-state index in [1.54, 1.807) is 0 Å². The summed E-state index contributed by atoms with van der Waals surface area (Å²) in [7, 11) is 0. The first-order chi connectivity index (χ1) is 7.18. The highest BCUT2D eigenvalue weighted by Crippen LogP contribution is 2.38. The maximum atomic E-state index is 11.3. The van der Waals surface area contributed by atoms with Crippen molar-refractivity contribution in [2.75, 3.05) is 0 Å². The molecule has 15 heavy (non-hydrogen) atoms. The Bertz CT molecular complexity index is 378. The highest BCUT2D eigenvalue weighted by atomic mass is 79.9. The number of carbonyl (C=O) groups excluding carboxylic acids is 1. The third-order valence-corrected chi connectivity index (χ3v) is 3.87. The van der Waals surface area contributed by atoms with Gasteiger partial charge in [-0.25, -0.2) is 0 Å². The van der Waals surface area contributed by atoms with Crippen molar-refractivity contribution in [2.45, 2.75) is 30.0 Å². The minimum atomic E-state index is -0.316. The minimum absolute atomic E-state index is 0.316. The first-order valence-electron chi connectivity index (χ1n) is 5.21. The Labute approximate surface area is 98.0 Å². The van der Waals surface area contributed by atoms with Gasteiger partial charge in [0.1, 0.15) is 0 Å². The number of carbonyl (C=O) groups is 1. The zero-order valence-electron chi connectivity index (χ0n) is 8.45. The van der Waals surface area contributed by atoms with Gasteiger partial charge in [-0.15, -0.1) is 0 Å². The molecule has 0 heterocycles. The SMILES string of the molecule is NC(=O)c1ccccc1C1CCC(Br)C1. The largest absolute Gasteiger partial charge is 0.366 e. The zero-order valence-corrected chi connectivity index (χ0v) is 10.0. The Balaban J connectivity index is 2.31. The number of hydrogen-bond donors (Lipinski definition) is 1. The van der Waals surface area contributed by atoms with E-state index in [1.807, 2.05) is 24.3 Å². The van der Waals surface area contributed by atoms with Crippen LogP contribution >= 0.6 is 15.9 Å². The van der Waals surface area contributed by atoms with Gasteiger partial charge in [-0.3, -0.25) is 4.79 Å². The van der Waals surface area contributed by atoms with Crippen molar-refractivity contribution < 1.29 is 4.79 Å². The molecule has 1 fully saturated rings. The van der Waals surface area contributed by atoms with Crippen molar-refractivity contribution in [2.24, 2.45) is 5.73 Å². The molecule has 1 amide bonds. The third kappa shape index (κ3) is 2.23. The summed E-state index contributed by atoms with van der Waals surface area (Å²) in [6.45, 7) is 0. The van der Waals surface area contributed by atoms with Crippen molar-refractivity contribution >= 4 is 21.8 Å². The summed E-state index contributed by atoms with van der Waals surface area (Å²) < 4.78 is 0. The molecule has 1 aromatic rings. The quantitative estimate of drug-likeness (QED) is 0.823. The molecular weight excluding hydrogens is 254 g/mol. The van der Waals surface area contributed by atoms with Crippen LogP contribution in [0.4, 0.5) is 0 Å². The average molecular weight is 268 g/mol. The summed E-state index contributed by atoms with van der Waals surface area (Å²) in [6, 6.07) is 7.68. The van der Waals surface area contributed by atoms with E-state index in [-0.39, 0.29) is 5.91 Å². The lowest BCUT2D eigenvalue weighted by atomic mass is 9.93. The van der Waals surface area contributed by atoms with Gasteiger partial charge in [-0.1, -0.05) is 34.1 Å². The summed E-state index contributed by atoms with van der Waals surface area (Å²) in [6.07, 6.45) is 3.42. The topological polar surface area (TPSA) is 43.1 Å². The van der Waals surface area contributed by atoms with Gasteiger partial charge in [0.25, 0.3) is 0 Å². The van der Waals surface area contributed by atoms with Crippen LogP contribution in [0.1, 0.15) is 41.1 Å². The lowest BCUT2D eigenvalue weighted by Crippen LogP contribution is -2.14. The van der Waals surface area contributed by atoms with Gasteiger partial charge < -0.3 is 5.73 Å². The van der Waals surface area contributed by atoms with Gasteiger partial charge in [-0.2, -0.15) is 0 Å². The molecule has 3 heteroatoms. The molecule has 0 radical (unpaired) electrons. The lowest BCUT2D eigenvalue weighted by molar-refractivity contribution is 0.0999. The Morgan fingerprint density at radius 2 is 2.07 bits per heavy atom. The molecule has 1 aliphatic carbocycles. The van der Waals surface area contributed by atoms with Crippen LogP contribution in [0, 0.1) is 0 Å². The van der Waals surface area contributed by atoms with Crippen LogP contribution in [0.5, 0.6) is 0 Å². The molecule has 0 spiro atoms. The molecule has 80 valence electrons. The van der Waals surface area contributed by atoms with Crippen LogP contribution in [0.15, 0.2) is 24.3 Å². The fourth-order valence-electron chi connectivity index (χ4n) is 2.29. The van der Waals surface area contributed by atoms with Crippen molar-refractivity contribution in [3.05, 3.63) is 35.4 Å². The summed E-state index contributed by atoms with van der Waals surface area (Å²) in [5.41, 5.74) is 7.17. The van der Waals surface area contributed by atoms with E-state index in [4.69, 9.17) is 5.73 Å². The van der Waals surface area contributed by atoms with Crippen molar-refractivity contribution in [1.29, 1.82) is 0 Å². The molecule has 2 atom stereocenters. The molecule has 0 aliphatic heterocycles. The molecule has 2 N–H and O–H groups in total. The van der Waals surface area contributed by atoms with Crippen molar-refractivity contribution in [3.63, 3.8) is 0 Å². The second kappa shape index (κ2) is 4.35. The molecule has 0 aromatic heterocycles. The van der Waals surface area contributed by atoms with Gasteiger partial charge in [0.15, 0.2) is 0 Å². The van der Waals surface area contributed by atoms with E-state index >= 15 is 0 Å². The smallest absolute Gasteiger partial charge is 0.248 e. The maximum absolute atomic E-state index is 11.3. The lowest BCUT2D eigenvalue weighted by Gasteiger charge is -2.13. The van der Waals surface area contributed by atoms with Crippen LogP contribution in [0.25, 0.3) is 0 Å². The number of rotatable bonds is 2. The van der Waals surface area contributed by atoms with Crippen LogP contribution in [-0.2, 0) is 0 Å². The fraction of sp³-hybridized carbons (Fsp3) is 0.417. The van der Waals surface area contributed by atoms with Gasteiger partial charge in [0, 0.05) is 10.4 Å². The molecule has 0 saturated heterocycles. The predicted octanol–water partition coefficient (Wildman–Crippen LogP) is 2.82. The summed E-state index contributed by atoms with van der Waals surface area (Å²) in [4.78, 5) is 11.9. The molecule has 2 rings (SSSR count). The summed E-state index contributed by atoms with van der Waals surface area (Å²) >= 11 is 3.62. The zero-order chi connectivity index (χ0) is 10.8. The summed E-state index contributed by atoms with van der Waals surface area (Å²) in [5.74, 6) is 0.168. The monoisotopic (exact) mass is 267 g/mol. The van der Waals surface area contributed by atoms with Crippen LogP contribution in [-0.4, -0.2) is 10.7 Å². The Morgan fingerprint density at radius 3 is 2.67 bits per heavy atom. The normalized spacial score (nSPS) is 25.4. The number of amides is 1. The van der Waals surface area contributed by atoms with Crippen molar-refractivity contribution in [1.82, 2.24) is 0 Å². The third-order valence-electron chi connectivity index (χ3n) is 3.03. The van der Waals surface area contributed by atoms with E-state index < -0.39 is 0 Å². The molecule has 1 saturated carbocycles. The van der Waals surface area contributed by atoms with Gasteiger partial charge in [0.2, 0.25) is 5.91 Å². The second-order valence-corrected chi connectivity index (χ2v) is 5.35. The first-order valence-corrected chi connectivity index (χ1v) is 6.13. The Morgan fingerprint density at radius 1 is 1.33 bits per heavy atom. The molecule has 1 aromatic carbocycles. The number of halogens is 1. The summed E-state index contributed by atoms with van der Waals surface area (Å²) in [5, 5.41) is 0. The predicted molar refractivity (Wildman–Crippen MR) is 64.3 cm³/mol. The molecule has 2 unspecified atom stereocenters. The fourth-order valence-corrected chi connectivity index (χ4v) is 3.00. The average Bonchev–Trinajstić information content (AvgIpc) is 2.65. The van der Waals surface area contributed by atoms with Crippen molar-refractivity contribution in [3.8, 4) is 0 Å². The number of alkyl halides is 1. The highest BCUT2D eigenvalue weighted by Gasteiger charge is 2.26. The molecule has 2 nitrogen and oxygen atoms in total. The first kappa shape index (κ1) is 10.7. The molecule has 0 bridgehead atoms. The number of hydrogen-bond acceptors (Lipinski definition) is 1. The van der Waals surface area contributed by atoms with E-state index in [9.17, 15) is 4.79 Å². The Kier molecular flexibility index (Phi) is 3.10. The Hall–Kier alpha value is -0.830. The number of primary amides is 1. The van der Waals surface area contributed by atoms with Crippen LogP contribution in [0.2, 0.25) is 0 Å². The number of benzene rings is 1. The van der Waals surface area contributed by atoms with Gasteiger partial charge >= 0.3 is 0 Å².